The predicted octanol–water partition coefficient (Wildman–Crippen LogP) is 1.30. The summed E-state index contributed by atoms with van der Waals surface area (Å²) in [5, 5.41) is -0.268. The van der Waals surface area contributed by atoms with E-state index in [1.807, 2.05) is 28.9 Å². The fourth-order valence-corrected chi connectivity index (χ4v) is 4.68. The number of nitrogens with two attached hydrogens (primary N) is 1. The van der Waals surface area contributed by atoms with Gasteiger partial charge in [-0.25, -0.2) is 13.4 Å². The van der Waals surface area contributed by atoms with E-state index in [9.17, 15) is 8.42 Å². The van der Waals surface area contributed by atoms with E-state index in [1.165, 1.54) is 0 Å². The molecule has 0 amide bonds. The van der Waals surface area contributed by atoms with Crippen molar-refractivity contribution in [2.45, 2.75) is 37.5 Å². The first-order valence-electron chi connectivity index (χ1n) is 6.96. The molecule has 2 aromatic heterocycles. The highest BCUT2D eigenvalue weighted by Crippen LogP contribution is 2.23. The molecular formula is C14H19N3O2S. The van der Waals surface area contributed by atoms with Gasteiger partial charge in [-0.05, 0) is 24.5 Å². The fourth-order valence-electron chi connectivity index (χ4n) is 2.79. The highest BCUT2D eigenvalue weighted by atomic mass is 32.2. The number of aromatic nitrogens is 2. The molecule has 20 heavy (non-hydrogen) atoms. The molecule has 0 aromatic carbocycles. The van der Waals surface area contributed by atoms with Crippen LogP contribution in [0.1, 0.15) is 30.5 Å². The van der Waals surface area contributed by atoms with Crippen molar-refractivity contribution in [3.05, 3.63) is 35.8 Å². The molecule has 6 heteroatoms. The van der Waals surface area contributed by atoms with Gasteiger partial charge in [0.1, 0.15) is 5.65 Å². The number of sulfone groups is 1. The SMILES string of the molecule is NCc1ccc2nc(CC3CCCCS3(=O)=O)cn2c1. The minimum atomic E-state index is -2.94. The molecule has 2 aromatic rings. The molecule has 1 aliphatic heterocycles. The van der Waals surface area contributed by atoms with Gasteiger partial charge >= 0.3 is 0 Å². The molecule has 0 aliphatic carbocycles. The molecule has 1 atom stereocenters. The van der Waals surface area contributed by atoms with Crippen LogP contribution in [0.4, 0.5) is 0 Å². The topological polar surface area (TPSA) is 77.5 Å². The standard InChI is InChI=1S/C14H19N3O2S/c15-8-11-4-5-14-16-12(10-17(14)9-11)7-13-3-1-2-6-20(13,18)19/h4-5,9-10,13H,1-3,6-8,15H2. The maximum absolute atomic E-state index is 12.1. The molecule has 1 unspecified atom stereocenters. The summed E-state index contributed by atoms with van der Waals surface area (Å²) in [6, 6.07) is 3.87. The Morgan fingerprint density at radius 2 is 2.15 bits per heavy atom. The lowest BCUT2D eigenvalue weighted by molar-refractivity contribution is 0.536. The van der Waals surface area contributed by atoms with Gasteiger partial charge in [0.15, 0.2) is 9.84 Å². The number of hydrogen-bond acceptors (Lipinski definition) is 4. The van der Waals surface area contributed by atoms with Crippen molar-refractivity contribution in [3.63, 3.8) is 0 Å². The average molecular weight is 293 g/mol. The van der Waals surface area contributed by atoms with Crippen LogP contribution in [0.5, 0.6) is 0 Å². The third-order valence-electron chi connectivity index (χ3n) is 3.95. The van der Waals surface area contributed by atoms with Crippen LogP contribution in [0.3, 0.4) is 0 Å². The minimum Gasteiger partial charge on any atom is -0.326 e. The zero-order valence-corrected chi connectivity index (χ0v) is 12.1. The molecule has 1 saturated heterocycles. The second-order valence-corrected chi connectivity index (χ2v) is 7.83. The number of pyridine rings is 1. The minimum absolute atomic E-state index is 0.268. The highest BCUT2D eigenvalue weighted by molar-refractivity contribution is 7.92. The summed E-state index contributed by atoms with van der Waals surface area (Å²) >= 11 is 0. The normalized spacial score (nSPS) is 22.1. The van der Waals surface area contributed by atoms with E-state index in [0.717, 1.165) is 36.2 Å². The Morgan fingerprint density at radius 1 is 1.30 bits per heavy atom. The molecule has 1 fully saturated rings. The maximum Gasteiger partial charge on any atom is 0.153 e. The quantitative estimate of drug-likeness (QED) is 0.925. The maximum atomic E-state index is 12.1. The van der Waals surface area contributed by atoms with Gasteiger partial charge in [0, 0.05) is 25.4 Å². The number of hydrogen-bond donors (Lipinski definition) is 1. The summed E-state index contributed by atoms with van der Waals surface area (Å²) in [7, 11) is -2.94. The molecule has 1 aliphatic rings. The second kappa shape index (κ2) is 5.18. The third-order valence-corrected chi connectivity index (χ3v) is 6.22. The van der Waals surface area contributed by atoms with Crippen LogP contribution in [0, 0.1) is 0 Å². The van der Waals surface area contributed by atoms with Gasteiger partial charge in [0.2, 0.25) is 0 Å². The first-order valence-corrected chi connectivity index (χ1v) is 8.68. The Balaban J connectivity index is 1.87. The summed E-state index contributed by atoms with van der Waals surface area (Å²) in [5.41, 5.74) is 8.33. The zero-order valence-electron chi connectivity index (χ0n) is 11.3. The number of nitrogens with zero attached hydrogens (tertiary/aromatic N) is 2. The lowest BCUT2D eigenvalue weighted by Crippen LogP contribution is -2.30. The largest absolute Gasteiger partial charge is 0.326 e. The van der Waals surface area contributed by atoms with Gasteiger partial charge in [-0.15, -0.1) is 0 Å². The molecule has 5 nitrogen and oxygen atoms in total. The number of rotatable bonds is 3. The van der Waals surface area contributed by atoms with Gasteiger partial charge in [-0.1, -0.05) is 12.5 Å². The Labute approximate surface area is 118 Å². The van der Waals surface area contributed by atoms with E-state index < -0.39 is 9.84 Å². The summed E-state index contributed by atoms with van der Waals surface area (Å²) in [6.07, 6.45) is 6.92. The van der Waals surface area contributed by atoms with Crippen LogP contribution in [0.25, 0.3) is 5.65 Å². The molecular weight excluding hydrogens is 274 g/mol. The summed E-state index contributed by atoms with van der Waals surface area (Å²) in [5.74, 6) is 0.322. The van der Waals surface area contributed by atoms with Crippen LogP contribution in [0.2, 0.25) is 0 Å². The van der Waals surface area contributed by atoms with Crippen molar-refractivity contribution in [1.29, 1.82) is 0 Å². The monoisotopic (exact) mass is 293 g/mol. The van der Waals surface area contributed by atoms with E-state index in [2.05, 4.69) is 4.98 Å². The molecule has 0 radical (unpaired) electrons. The van der Waals surface area contributed by atoms with Crippen LogP contribution >= 0.6 is 0 Å². The van der Waals surface area contributed by atoms with E-state index in [-0.39, 0.29) is 5.25 Å². The van der Waals surface area contributed by atoms with Crippen molar-refractivity contribution in [2.75, 3.05) is 5.75 Å². The van der Waals surface area contributed by atoms with Crippen molar-refractivity contribution >= 4 is 15.5 Å². The molecule has 0 bridgehead atoms. The van der Waals surface area contributed by atoms with Crippen molar-refractivity contribution in [2.24, 2.45) is 5.73 Å². The zero-order chi connectivity index (χ0) is 14.2. The third kappa shape index (κ3) is 2.58. The van der Waals surface area contributed by atoms with Crippen LogP contribution in [-0.2, 0) is 22.8 Å². The van der Waals surface area contributed by atoms with Crippen LogP contribution in [-0.4, -0.2) is 28.8 Å². The lowest BCUT2D eigenvalue weighted by atomic mass is 10.1. The van der Waals surface area contributed by atoms with Gasteiger partial charge in [0.05, 0.1) is 16.7 Å². The number of fused-ring (bicyclic) bond motifs is 1. The highest BCUT2D eigenvalue weighted by Gasteiger charge is 2.29. The van der Waals surface area contributed by atoms with Crippen molar-refractivity contribution in [1.82, 2.24) is 9.38 Å². The smallest absolute Gasteiger partial charge is 0.153 e. The van der Waals surface area contributed by atoms with Crippen molar-refractivity contribution in [3.8, 4) is 0 Å². The molecule has 108 valence electrons. The fraction of sp³-hybridized carbons (Fsp3) is 0.500. The van der Waals surface area contributed by atoms with E-state index in [4.69, 9.17) is 5.73 Å². The Bertz CT molecular complexity index is 721. The molecule has 0 spiro atoms. The molecule has 3 heterocycles. The first-order chi connectivity index (χ1) is 9.58. The summed E-state index contributed by atoms with van der Waals surface area (Å²) in [4.78, 5) is 4.51. The average Bonchev–Trinajstić information content (AvgIpc) is 2.82. The van der Waals surface area contributed by atoms with Gasteiger partial charge in [-0.2, -0.15) is 0 Å². The van der Waals surface area contributed by atoms with Gasteiger partial charge in [0.25, 0.3) is 0 Å². The van der Waals surface area contributed by atoms with E-state index in [0.29, 0.717) is 18.7 Å². The Kier molecular flexibility index (Phi) is 3.52. The van der Waals surface area contributed by atoms with Crippen LogP contribution in [0.15, 0.2) is 24.5 Å². The first kappa shape index (κ1) is 13.6. The molecule has 2 N–H and O–H groups in total. The second-order valence-electron chi connectivity index (χ2n) is 5.43. The van der Waals surface area contributed by atoms with E-state index >= 15 is 0 Å². The van der Waals surface area contributed by atoms with E-state index in [1.54, 1.807) is 0 Å². The summed E-state index contributed by atoms with van der Waals surface area (Å²) in [6.45, 7) is 0.487. The molecule has 0 saturated carbocycles. The lowest BCUT2D eigenvalue weighted by Gasteiger charge is -2.21. The predicted molar refractivity (Wildman–Crippen MR) is 78.2 cm³/mol. The Morgan fingerprint density at radius 3 is 2.90 bits per heavy atom. The summed E-state index contributed by atoms with van der Waals surface area (Å²) < 4.78 is 26.0. The number of imidazole rings is 1. The molecule has 3 rings (SSSR count). The van der Waals surface area contributed by atoms with Gasteiger partial charge in [-0.3, -0.25) is 0 Å². The van der Waals surface area contributed by atoms with Gasteiger partial charge < -0.3 is 10.1 Å². The Hall–Kier alpha value is -1.40. The van der Waals surface area contributed by atoms with Crippen molar-refractivity contribution < 1.29 is 8.42 Å². The van der Waals surface area contributed by atoms with Crippen LogP contribution < -0.4 is 5.73 Å².